The Kier molecular flexibility index (Phi) is 4.04. The first-order valence-electron chi connectivity index (χ1n) is 5.89. The highest BCUT2D eigenvalue weighted by Gasteiger charge is 2.05. The van der Waals surface area contributed by atoms with Crippen LogP contribution in [0.2, 0.25) is 5.02 Å². The van der Waals surface area contributed by atoms with Crippen LogP contribution in [0.25, 0.3) is 0 Å². The molecule has 2 aromatic rings. The monoisotopic (exact) mass is 266 g/mol. The van der Waals surface area contributed by atoms with Gasteiger partial charge in [-0.25, -0.2) is 4.39 Å². The molecule has 0 fully saturated rings. The van der Waals surface area contributed by atoms with Crippen molar-refractivity contribution in [3.63, 3.8) is 0 Å². The van der Waals surface area contributed by atoms with Crippen LogP contribution in [0, 0.1) is 5.82 Å². The molecule has 4 heteroatoms. The minimum absolute atomic E-state index is 0.128. The summed E-state index contributed by atoms with van der Waals surface area (Å²) in [6.07, 6.45) is 4.74. The predicted octanol–water partition coefficient (Wildman–Crippen LogP) is 3.22. The lowest BCUT2D eigenvalue weighted by Crippen LogP contribution is -2.17. The molecule has 1 heterocycles. The smallest absolute Gasteiger partial charge is 0.128 e. The number of halogens is 2. The maximum atomic E-state index is 13.6. The van der Waals surface area contributed by atoms with E-state index in [4.69, 9.17) is 17.3 Å². The highest BCUT2D eigenvalue weighted by atomic mass is 35.5. The largest absolute Gasteiger partial charge is 0.350 e. The van der Waals surface area contributed by atoms with E-state index in [1.165, 1.54) is 6.07 Å². The Morgan fingerprint density at radius 1 is 1.39 bits per heavy atom. The van der Waals surface area contributed by atoms with Gasteiger partial charge in [0.1, 0.15) is 5.82 Å². The molecule has 18 heavy (non-hydrogen) atoms. The molecule has 0 aliphatic rings. The maximum absolute atomic E-state index is 13.6. The first-order chi connectivity index (χ1) is 8.54. The van der Waals surface area contributed by atoms with Gasteiger partial charge in [0.05, 0.1) is 0 Å². The third-order valence-electron chi connectivity index (χ3n) is 2.73. The fourth-order valence-corrected chi connectivity index (χ4v) is 2.14. The molecule has 0 spiro atoms. The first-order valence-corrected chi connectivity index (χ1v) is 6.26. The van der Waals surface area contributed by atoms with E-state index < -0.39 is 0 Å². The van der Waals surface area contributed by atoms with E-state index in [0.29, 0.717) is 17.1 Å². The third-order valence-corrected chi connectivity index (χ3v) is 2.97. The minimum atomic E-state index is -0.234. The van der Waals surface area contributed by atoms with Crippen molar-refractivity contribution in [2.75, 3.05) is 0 Å². The summed E-state index contributed by atoms with van der Waals surface area (Å²) < 4.78 is 15.5. The van der Waals surface area contributed by atoms with Gasteiger partial charge in [0, 0.05) is 35.6 Å². The average Bonchev–Trinajstić information content (AvgIpc) is 2.70. The summed E-state index contributed by atoms with van der Waals surface area (Å²) in [5.74, 6) is -0.234. The Hall–Kier alpha value is -1.32. The average molecular weight is 267 g/mol. The number of hydrogen-bond acceptors (Lipinski definition) is 1. The van der Waals surface area contributed by atoms with Gasteiger partial charge in [-0.15, -0.1) is 0 Å². The first kappa shape index (κ1) is 13.1. The van der Waals surface area contributed by atoms with Crippen LogP contribution in [0.5, 0.6) is 0 Å². The molecular weight excluding hydrogens is 251 g/mol. The number of nitrogens with two attached hydrogens (primary N) is 1. The number of rotatable bonds is 4. The van der Waals surface area contributed by atoms with Crippen LogP contribution in [0.3, 0.4) is 0 Å². The molecule has 0 saturated carbocycles. The van der Waals surface area contributed by atoms with E-state index in [9.17, 15) is 4.39 Å². The van der Waals surface area contributed by atoms with Crippen molar-refractivity contribution < 1.29 is 4.39 Å². The van der Waals surface area contributed by atoms with E-state index in [2.05, 4.69) is 0 Å². The third kappa shape index (κ3) is 3.34. The number of benzene rings is 1. The molecule has 1 unspecified atom stereocenters. The van der Waals surface area contributed by atoms with Gasteiger partial charge in [0.25, 0.3) is 0 Å². The SMILES string of the molecule is CC(N)Cc1ccn(Cc2cc(Cl)ccc2F)c1. The van der Waals surface area contributed by atoms with Crippen molar-refractivity contribution in [3.05, 3.63) is 58.6 Å². The Morgan fingerprint density at radius 3 is 2.89 bits per heavy atom. The summed E-state index contributed by atoms with van der Waals surface area (Å²) in [4.78, 5) is 0. The molecule has 2 N–H and O–H groups in total. The zero-order chi connectivity index (χ0) is 13.1. The lowest BCUT2D eigenvalue weighted by molar-refractivity contribution is 0.599. The van der Waals surface area contributed by atoms with Crippen molar-refractivity contribution in [2.45, 2.75) is 25.9 Å². The molecule has 0 saturated heterocycles. The maximum Gasteiger partial charge on any atom is 0.128 e. The topological polar surface area (TPSA) is 30.9 Å². The molecule has 2 nitrogen and oxygen atoms in total. The Labute approximate surface area is 111 Å². The van der Waals surface area contributed by atoms with Crippen molar-refractivity contribution >= 4 is 11.6 Å². The minimum Gasteiger partial charge on any atom is -0.350 e. The van der Waals surface area contributed by atoms with Gasteiger partial charge in [-0.05, 0) is 43.2 Å². The van der Waals surface area contributed by atoms with Crippen LogP contribution in [0.4, 0.5) is 4.39 Å². The van der Waals surface area contributed by atoms with E-state index in [-0.39, 0.29) is 11.9 Å². The molecule has 1 aromatic heterocycles. The van der Waals surface area contributed by atoms with Crippen molar-refractivity contribution in [2.24, 2.45) is 5.73 Å². The standard InChI is InChI=1S/C14H16ClFN2/c1-10(17)6-11-4-5-18(8-11)9-12-7-13(15)2-3-14(12)16/h2-5,7-8,10H,6,9,17H2,1H3. The lowest BCUT2D eigenvalue weighted by atomic mass is 10.1. The summed E-state index contributed by atoms with van der Waals surface area (Å²) in [6.45, 7) is 2.44. The van der Waals surface area contributed by atoms with Crippen molar-refractivity contribution in [1.29, 1.82) is 0 Å². The second-order valence-corrected chi connectivity index (χ2v) is 5.05. The molecule has 2 rings (SSSR count). The van der Waals surface area contributed by atoms with Crippen LogP contribution in [-0.4, -0.2) is 10.6 Å². The van der Waals surface area contributed by atoms with Crippen LogP contribution in [0.15, 0.2) is 36.7 Å². The van der Waals surface area contributed by atoms with E-state index in [1.54, 1.807) is 12.1 Å². The molecule has 0 radical (unpaired) electrons. The molecular formula is C14H16ClFN2. The molecule has 0 amide bonds. The van der Waals surface area contributed by atoms with Crippen molar-refractivity contribution in [3.8, 4) is 0 Å². The number of hydrogen-bond donors (Lipinski definition) is 1. The van der Waals surface area contributed by atoms with Gasteiger partial charge in [0.15, 0.2) is 0 Å². The van der Waals surface area contributed by atoms with Gasteiger partial charge in [0.2, 0.25) is 0 Å². The zero-order valence-electron chi connectivity index (χ0n) is 10.2. The molecule has 0 bridgehead atoms. The van der Waals surface area contributed by atoms with Crippen LogP contribution in [0.1, 0.15) is 18.1 Å². The van der Waals surface area contributed by atoms with Crippen LogP contribution in [-0.2, 0) is 13.0 Å². The fraction of sp³-hybridized carbons (Fsp3) is 0.286. The van der Waals surface area contributed by atoms with Crippen LogP contribution >= 0.6 is 11.6 Å². The molecule has 0 aliphatic carbocycles. The Bertz CT molecular complexity index is 534. The molecule has 0 aliphatic heterocycles. The Morgan fingerprint density at radius 2 is 2.17 bits per heavy atom. The van der Waals surface area contributed by atoms with Gasteiger partial charge in [-0.2, -0.15) is 0 Å². The van der Waals surface area contributed by atoms with Gasteiger partial charge in [-0.3, -0.25) is 0 Å². The molecule has 1 atom stereocenters. The summed E-state index contributed by atoms with van der Waals surface area (Å²) in [7, 11) is 0. The molecule has 96 valence electrons. The quantitative estimate of drug-likeness (QED) is 0.905. The fourth-order valence-electron chi connectivity index (χ4n) is 1.94. The van der Waals surface area contributed by atoms with Gasteiger partial charge in [-0.1, -0.05) is 11.6 Å². The normalized spacial score (nSPS) is 12.7. The van der Waals surface area contributed by atoms with E-state index >= 15 is 0 Å². The lowest BCUT2D eigenvalue weighted by Gasteiger charge is -2.06. The van der Waals surface area contributed by atoms with Gasteiger partial charge >= 0.3 is 0 Å². The predicted molar refractivity (Wildman–Crippen MR) is 72.3 cm³/mol. The Balaban J connectivity index is 2.13. The highest BCUT2D eigenvalue weighted by Crippen LogP contribution is 2.16. The van der Waals surface area contributed by atoms with Crippen LogP contribution < -0.4 is 5.73 Å². The number of aromatic nitrogens is 1. The summed E-state index contributed by atoms with van der Waals surface area (Å²) in [5, 5.41) is 0.550. The van der Waals surface area contributed by atoms with E-state index in [1.807, 2.05) is 30.0 Å². The van der Waals surface area contributed by atoms with E-state index in [0.717, 1.165) is 12.0 Å². The second kappa shape index (κ2) is 5.55. The number of nitrogens with zero attached hydrogens (tertiary/aromatic N) is 1. The summed E-state index contributed by atoms with van der Waals surface area (Å²) in [6, 6.07) is 6.74. The second-order valence-electron chi connectivity index (χ2n) is 4.61. The zero-order valence-corrected chi connectivity index (χ0v) is 11.0. The van der Waals surface area contributed by atoms with Crippen molar-refractivity contribution in [1.82, 2.24) is 4.57 Å². The summed E-state index contributed by atoms with van der Waals surface area (Å²) >= 11 is 5.86. The highest BCUT2D eigenvalue weighted by molar-refractivity contribution is 6.30. The molecule has 1 aromatic carbocycles. The summed E-state index contributed by atoms with van der Waals surface area (Å²) in [5.41, 5.74) is 7.49. The van der Waals surface area contributed by atoms with Gasteiger partial charge < -0.3 is 10.3 Å².